The van der Waals surface area contributed by atoms with E-state index in [0.29, 0.717) is 29.8 Å². The molecule has 4 rings (SSSR count). The molecule has 1 aliphatic heterocycles. The number of hydrogen-bond donors (Lipinski definition) is 0. The maximum Gasteiger partial charge on any atom is 0.269 e. The third-order valence-electron chi connectivity index (χ3n) is 4.60. The van der Waals surface area contributed by atoms with Gasteiger partial charge in [0.2, 0.25) is 0 Å². The van der Waals surface area contributed by atoms with E-state index < -0.39 is 10.7 Å². The third kappa shape index (κ3) is 2.69. The van der Waals surface area contributed by atoms with Crippen LogP contribution in [0.3, 0.4) is 0 Å². The minimum absolute atomic E-state index is 0.0712. The molecule has 3 aromatic rings. The fraction of sp³-hybridized carbons (Fsp3) is 0.222. The zero-order valence-electron chi connectivity index (χ0n) is 14.0. The number of non-ortho nitro benzene ring substituents is 1. The normalized spacial score (nSPS) is 13.5. The van der Waals surface area contributed by atoms with Crippen LogP contribution in [0.25, 0.3) is 10.9 Å². The number of nitro benzene ring substituents is 1. The van der Waals surface area contributed by atoms with Crippen LogP contribution >= 0.6 is 0 Å². The maximum absolute atomic E-state index is 13.9. The van der Waals surface area contributed by atoms with Crippen molar-refractivity contribution in [2.24, 2.45) is 0 Å². The lowest BCUT2D eigenvalue weighted by molar-refractivity contribution is -0.384. The highest BCUT2D eigenvalue weighted by molar-refractivity contribution is 5.90. The molecule has 132 valence electrons. The SMILES string of the molecule is COc1cc2c(N3CCc4ccc([N+](=O)[O-])cc4C3)ncnc2cc1F. The fourth-order valence-corrected chi connectivity index (χ4v) is 3.29. The third-order valence-corrected chi connectivity index (χ3v) is 4.60. The smallest absolute Gasteiger partial charge is 0.269 e. The largest absolute Gasteiger partial charge is 0.494 e. The summed E-state index contributed by atoms with van der Waals surface area (Å²) in [5.41, 5.74) is 2.54. The Kier molecular flexibility index (Phi) is 3.87. The molecule has 1 aliphatic rings. The Bertz CT molecular complexity index is 1020. The number of rotatable bonds is 3. The predicted molar refractivity (Wildman–Crippen MR) is 93.9 cm³/mol. The second-order valence-electron chi connectivity index (χ2n) is 6.08. The first-order chi connectivity index (χ1) is 12.6. The van der Waals surface area contributed by atoms with Gasteiger partial charge in [0.15, 0.2) is 11.6 Å². The molecule has 0 radical (unpaired) electrons. The Morgan fingerprint density at radius 2 is 2.08 bits per heavy atom. The van der Waals surface area contributed by atoms with Gasteiger partial charge in [0, 0.05) is 36.7 Å². The van der Waals surface area contributed by atoms with Gasteiger partial charge in [-0.15, -0.1) is 0 Å². The minimum atomic E-state index is -0.482. The van der Waals surface area contributed by atoms with E-state index in [9.17, 15) is 14.5 Å². The van der Waals surface area contributed by atoms with Gasteiger partial charge in [0.05, 0.1) is 17.5 Å². The first kappa shape index (κ1) is 16.2. The van der Waals surface area contributed by atoms with Gasteiger partial charge >= 0.3 is 0 Å². The summed E-state index contributed by atoms with van der Waals surface area (Å²) in [6, 6.07) is 7.85. The Labute approximate surface area is 148 Å². The van der Waals surface area contributed by atoms with Crippen LogP contribution in [0.15, 0.2) is 36.7 Å². The van der Waals surface area contributed by atoms with E-state index in [4.69, 9.17) is 4.74 Å². The van der Waals surface area contributed by atoms with Gasteiger partial charge in [-0.3, -0.25) is 10.1 Å². The van der Waals surface area contributed by atoms with Crippen molar-refractivity contribution in [2.75, 3.05) is 18.6 Å². The van der Waals surface area contributed by atoms with Crippen molar-refractivity contribution in [3.63, 3.8) is 0 Å². The van der Waals surface area contributed by atoms with Crippen molar-refractivity contribution in [3.05, 3.63) is 63.7 Å². The molecule has 0 amide bonds. The van der Waals surface area contributed by atoms with E-state index >= 15 is 0 Å². The summed E-state index contributed by atoms with van der Waals surface area (Å²) in [6.07, 6.45) is 2.14. The van der Waals surface area contributed by atoms with Crippen LogP contribution in [0, 0.1) is 15.9 Å². The standard InChI is InChI=1S/C18H15FN4O3/c1-26-17-7-14-16(8-15(17)19)20-10-21-18(14)22-5-4-11-2-3-13(23(24)25)6-12(11)9-22/h2-3,6-8,10H,4-5,9H2,1H3. The molecule has 0 saturated heterocycles. The van der Waals surface area contributed by atoms with Crippen molar-refractivity contribution in [1.82, 2.24) is 9.97 Å². The van der Waals surface area contributed by atoms with E-state index in [1.807, 2.05) is 4.90 Å². The maximum atomic E-state index is 13.9. The van der Waals surface area contributed by atoms with Gasteiger partial charge in [0.1, 0.15) is 12.1 Å². The highest BCUT2D eigenvalue weighted by Gasteiger charge is 2.22. The van der Waals surface area contributed by atoms with Crippen molar-refractivity contribution >= 4 is 22.4 Å². The highest BCUT2D eigenvalue weighted by atomic mass is 19.1. The number of nitrogens with zero attached hydrogens (tertiary/aromatic N) is 4. The molecule has 2 heterocycles. The molecular formula is C18H15FN4O3. The number of benzene rings is 2. The highest BCUT2D eigenvalue weighted by Crippen LogP contribution is 2.32. The van der Waals surface area contributed by atoms with Crippen LogP contribution in [0.4, 0.5) is 15.9 Å². The quantitative estimate of drug-likeness (QED) is 0.530. The van der Waals surface area contributed by atoms with Crippen molar-refractivity contribution in [3.8, 4) is 5.75 Å². The summed E-state index contributed by atoms with van der Waals surface area (Å²) in [7, 11) is 1.41. The number of methoxy groups -OCH3 is 1. The molecule has 26 heavy (non-hydrogen) atoms. The molecule has 0 fully saturated rings. The van der Waals surface area contributed by atoms with E-state index in [0.717, 1.165) is 17.5 Å². The topological polar surface area (TPSA) is 81.4 Å². The van der Waals surface area contributed by atoms with Gasteiger partial charge in [-0.1, -0.05) is 6.07 Å². The summed E-state index contributed by atoms with van der Waals surface area (Å²) in [6.45, 7) is 1.19. The fourth-order valence-electron chi connectivity index (χ4n) is 3.29. The summed E-state index contributed by atoms with van der Waals surface area (Å²) in [4.78, 5) is 21.2. The van der Waals surface area contributed by atoms with Crippen LogP contribution in [0.5, 0.6) is 5.75 Å². The molecule has 1 aromatic heterocycles. The first-order valence-electron chi connectivity index (χ1n) is 8.06. The van der Waals surface area contributed by atoms with Crippen molar-refractivity contribution in [1.29, 1.82) is 0 Å². The molecule has 0 atom stereocenters. The predicted octanol–water partition coefficient (Wildman–Crippen LogP) is 3.25. The molecule has 8 heteroatoms. The van der Waals surface area contributed by atoms with Gasteiger partial charge in [-0.25, -0.2) is 14.4 Å². The first-order valence-corrected chi connectivity index (χ1v) is 8.06. The van der Waals surface area contributed by atoms with Gasteiger partial charge < -0.3 is 9.64 Å². The summed E-state index contributed by atoms with van der Waals surface area (Å²) in [5.74, 6) is 0.302. The van der Waals surface area contributed by atoms with E-state index in [2.05, 4.69) is 9.97 Å². The minimum Gasteiger partial charge on any atom is -0.494 e. The second-order valence-corrected chi connectivity index (χ2v) is 6.08. The molecule has 7 nitrogen and oxygen atoms in total. The van der Waals surface area contributed by atoms with Gasteiger partial charge in [0.25, 0.3) is 5.69 Å². The van der Waals surface area contributed by atoms with Crippen LogP contribution in [-0.4, -0.2) is 28.5 Å². The number of nitro groups is 1. The lowest BCUT2D eigenvalue weighted by atomic mass is 9.99. The molecule has 0 N–H and O–H groups in total. The Morgan fingerprint density at radius 1 is 1.23 bits per heavy atom. The van der Waals surface area contributed by atoms with E-state index in [1.54, 1.807) is 18.2 Å². The average Bonchev–Trinajstić information content (AvgIpc) is 2.66. The summed E-state index contributed by atoms with van der Waals surface area (Å²) < 4.78 is 19.0. The number of ether oxygens (including phenoxy) is 1. The van der Waals surface area contributed by atoms with E-state index in [1.165, 1.54) is 25.6 Å². The van der Waals surface area contributed by atoms with Crippen molar-refractivity contribution in [2.45, 2.75) is 13.0 Å². The van der Waals surface area contributed by atoms with Crippen LogP contribution in [0.1, 0.15) is 11.1 Å². The van der Waals surface area contributed by atoms with E-state index in [-0.39, 0.29) is 11.4 Å². The molecule has 0 unspecified atom stereocenters. The lowest BCUT2D eigenvalue weighted by Gasteiger charge is -2.30. The summed E-state index contributed by atoms with van der Waals surface area (Å²) in [5, 5.41) is 11.7. The molecule has 0 spiro atoms. The summed E-state index contributed by atoms with van der Waals surface area (Å²) >= 11 is 0. The Balaban J connectivity index is 1.77. The second kappa shape index (κ2) is 6.21. The lowest BCUT2D eigenvalue weighted by Crippen LogP contribution is -2.31. The molecule has 0 saturated carbocycles. The zero-order chi connectivity index (χ0) is 18.3. The van der Waals surface area contributed by atoms with Gasteiger partial charge in [-0.2, -0.15) is 0 Å². The van der Waals surface area contributed by atoms with Crippen molar-refractivity contribution < 1.29 is 14.1 Å². The number of halogens is 1. The number of anilines is 1. The monoisotopic (exact) mass is 354 g/mol. The molecule has 0 bridgehead atoms. The van der Waals surface area contributed by atoms with Crippen LogP contribution in [-0.2, 0) is 13.0 Å². The molecule has 0 aliphatic carbocycles. The average molecular weight is 354 g/mol. The van der Waals surface area contributed by atoms with Gasteiger partial charge in [-0.05, 0) is 23.6 Å². The van der Waals surface area contributed by atoms with Crippen LogP contribution in [0.2, 0.25) is 0 Å². The van der Waals surface area contributed by atoms with Crippen LogP contribution < -0.4 is 9.64 Å². The molecular weight excluding hydrogens is 339 g/mol. The molecule has 2 aromatic carbocycles. The zero-order valence-corrected chi connectivity index (χ0v) is 14.0. The number of hydrogen-bond acceptors (Lipinski definition) is 6. The number of aromatic nitrogens is 2. The number of fused-ring (bicyclic) bond motifs is 2. The Hall–Kier alpha value is -3.29. The Morgan fingerprint density at radius 3 is 2.85 bits per heavy atom.